The van der Waals surface area contributed by atoms with Gasteiger partial charge in [0, 0.05) is 36.4 Å². The Labute approximate surface area is 112 Å². The minimum Gasteiger partial charge on any atom is -0.371 e. The largest absolute Gasteiger partial charge is 0.371 e. The van der Waals surface area contributed by atoms with Crippen LogP contribution in [0.15, 0.2) is 24.3 Å². The van der Waals surface area contributed by atoms with Crippen LogP contribution in [-0.4, -0.2) is 30.1 Å². The number of nitrogens with zero attached hydrogens (tertiary/aromatic N) is 2. The third kappa shape index (κ3) is 2.42. The van der Waals surface area contributed by atoms with Crippen molar-refractivity contribution in [2.45, 2.75) is 31.2 Å². The molecule has 2 heterocycles. The van der Waals surface area contributed by atoms with Crippen molar-refractivity contribution >= 4 is 11.4 Å². The molecule has 1 aromatic carbocycles. The average Bonchev–Trinajstić information content (AvgIpc) is 2.88. The number of nitrogens with one attached hydrogen (secondary N) is 1. The van der Waals surface area contributed by atoms with Gasteiger partial charge in [0.15, 0.2) is 0 Å². The van der Waals surface area contributed by atoms with E-state index in [1.54, 1.807) is 12.1 Å². The third-order valence-electron chi connectivity index (χ3n) is 4.48. The first-order valence-corrected chi connectivity index (χ1v) is 6.93. The van der Waals surface area contributed by atoms with Gasteiger partial charge in [-0.1, -0.05) is 0 Å². The van der Waals surface area contributed by atoms with Crippen LogP contribution in [-0.2, 0) is 0 Å². The number of piperidine rings is 1. The molecule has 102 valence electrons. The van der Waals surface area contributed by atoms with Crippen LogP contribution < -0.4 is 10.2 Å². The Balaban J connectivity index is 1.66. The van der Waals surface area contributed by atoms with E-state index in [1.165, 1.54) is 25.7 Å². The quantitative estimate of drug-likeness (QED) is 0.655. The van der Waals surface area contributed by atoms with Crippen LogP contribution >= 0.6 is 0 Å². The van der Waals surface area contributed by atoms with E-state index in [9.17, 15) is 10.1 Å². The van der Waals surface area contributed by atoms with Crippen LogP contribution in [0.1, 0.15) is 25.7 Å². The Morgan fingerprint density at radius 2 is 1.84 bits per heavy atom. The van der Waals surface area contributed by atoms with Crippen LogP contribution in [0, 0.1) is 10.1 Å². The summed E-state index contributed by atoms with van der Waals surface area (Å²) in [7, 11) is 0. The summed E-state index contributed by atoms with van der Waals surface area (Å²) in [6.45, 7) is 3.22. The van der Waals surface area contributed by atoms with E-state index in [4.69, 9.17) is 0 Å². The summed E-state index contributed by atoms with van der Waals surface area (Å²) >= 11 is 0. The van der Waals surface area contributed by atoms with Crippen molar-refractivity contribution < 1.29 is 4.92 Å². The van der Waals surface area contributed by atoms with Crippen molar-refractivity contribution in [3.05, 3.63) is 34.4 Å². The molecule has 0 aromatic heterocycles. The Morgan fingerprint density at radius 3 is 2.37 bits per heavy atom. The molecule has 0 amide bonds. The zero-order valence-corrected chi connectivity index (χ0v) is 11.0. The van der Waals surface area contributed by atoms with Gasteiger partial charge in [0.05, 0.1) is 4.92 Å². The molecule has 0 atom stereocenters. The molecule has 1 N–H and O–H groups in total. The van der Waals surface area contributed by atoms with Crippen LogP contribution in [0.3, 0.4) is 0 Å². The highest BCUT2D eigenvalue weighted by Gasteiger charge is 2.36. The van der Waals surface area contributed by atoms with Gasteiger partial charge in [0.25, 0.3) is 5.69 Å². The van der Waals surface area contributed by atoms with Gasteiger partial charge in [0.1, 0.15) is 0 Å². The Hall–Kier alpha value is -1.62. The molecule has 2 aliphatic rings. The maximum Gasteiger partial charge on any atom is 0.269 e. The third-order valence-corrected chi connectivity index (χ3v) is 4.48. The van der Waals surface area contributed by atoms with E-state index in [-0.39, 0.29) is 10.6 Å². The minimum atomic E-state index is -0.350. The zero-order valence-electron chi connectivity index (χ0n) is 11.0. The Bertz CT molecular complexity index is 456. The highest BCUT2D eigenvalue weighted by Crippen LogP contribution is 2.33. The molecule has 5 heteroatoms. The Morgan fingerprint density at radius 1 is 1.16 bits per heavy atom. The molecule has 0 saturated carbocycles. The SMILES string of the molecule is O=[N+]([O-])c1ccc(N2CCC3(CCCN3)CC2)cc1. The molecule has 3 rings (SSSR count). The lowest BCUT2D eigenvalue weighted by atomic mass is 9.86. The van der Waals surface area contributed by atoms with Gasteiger partial charge in [-0.15, -0.1) is 0 Å². The lowest BCUT2D eigenvalue weighted by Gasteiger charge is -2.40. The maximum absolute atomic E-state index is 10.6. The molecule has 1 spiro atoms. The zero-order chi connectivity index (χ0) is 13.3. The fourth-order valence-corrected chi connectivity index (χ4v) is 3.27. The minimum absolute atomic E-state index is 0.162. The monoisotopic (exact) mass is 261 g/mol. The smallest absolute Gasteiger partial charge is 0.269 e. The normalized spacial score (nSPS) is 21.8. The van der Waals surface area contributed by atoms with Gasteiger partial charge >= 0.3 is 0 Å². The highest BCUT2D eigenvalue weighted by molar-refractivity contribution is 5.51. The van der Waals surface area contributed by atoms with E-state index in [1.807, 2.05) is 12.1 Å². The average molecular weight is 261 g/mol. The fourth-order valence-electron chi connectivity index (χ4n) is 3.27. The number of non-ortho nitro benzene ring substituents is 1. The number of rotatable bonds is 2. The van der Waals surface area contributed by atoms with Crippen molar-refractivity contribution in [3.8, 4) is 0 Å². The van der Waals surface area contributed by atoms with E-state index in [0.717, 1.165) is 25.3 Å². The first kappa shape index (κ1) is 12.4. The molecule has 5 nitrogen and oxygen atoms in total. The van der Waals surface area contributed by atoms with Crippen LogP contribution in [0.5, 0.6) is 0 Å². The molecule has 0 aliphatic carbocycles. The summed E-state index contributed by atoms with van der Waals surface area (Å²) in [5.74, 6) is 0. The molecule has 2 saturated heterocycles. The number of nitro benzene ring substituents is 1. The summed E-state index contributed by atoms with van der Waals surface area (Å²) in [6.07, 6.45) is 4.92. The molecule has 0 unspecified atom stereocenters. The fraction of sp³-hybridized carbons (Fsp3) is 0.571. The van der Waals surface area contributed by atoms with Gasteiger partial charge in [-0.05, 0) is 44.4 Å². The second-order valence-electron chi connectivity index (χ2n) is 5.57. The number of benzene rings is 1. The lowest BCUT2D eigenvalue weighted by molar-refractivity contribution is -0.384. The molecule has 0 radical (unpaired) electrons. The van der Waals surface area contributed by atoms with Gasteiger partial charge in [-0.25, -0.2) is 0 Å². The van der Waals surface area contributed by atoms with E-state index < -0.39 is 0 Å². The number of hydrogen-bond donors (Lipinski definition) is 1. The van der Waals surface area contributed by atoms with Crippen LogP contribution in [0.25, 0.3) is 0 Å². The topological polar surface area (TPSA) is 58.4 Å². The number of anilines is 1. The lowest BCUT2D eigenvalue weighted by Crippen LogP contribution is -2.50. The van der Waals surface area contributed by atoms with Crippen LogP contribution in [0.4, 0.5) is 11.4 Å². The summed E-state index contributed by atoms with van der Waals surface area (Å²) in [6, 6.07) is 6.90. The van der Waals surface area contributed by atoms with Gasteiger partial charge in [-0.3, -0.25) is 10.1 Å². The highest BCUT2D eigenvalue weighted by atomic mass is 16.6. The molecular formula is C14H19N3O2. The summed E-state index contributed by atoms with van der Waals surface area (Å²) in [5, 5.41) is 14.3. The van der Waals surface area contributed by atoms with Crippen molar-refractivity contribution in [2.24, 2.45) is 0 Å². The molecule has 2 aliphatic heterocycles. The van der Waals surface area contributed by atoms with Crippen molar-refractivity contribution in [1.82, 2.24) is 5.32 Å². The summed E-state index contributed by atoms with van der Waals surface area (Å²) in [4.78, 5) is 12.6. The predicted molar refractivity (Wildman–Crippen MR) is 74.5 cm³/mol. The molecule has 0 bridgehead atoms. The maximum atomic E-state index is 10.6. The predicted octanol–water partition coefficient (Wildman–Crippen LogP) is 2.32. The summed E-state index contributed by atoms with van der Waals surface area (Å²) < 4.78 is 0. The van der Waals surface area contributed by atoms with Gasteiger partial charge in [-0.2, -0.15) is 0 Å². The van der Waals surface area contributed by atoms with Crippen LogP contribution in [0.2, 0.25) is 0 Å². The van der Waals surface area contributed by atoms with Gasteiger partial charge in [0.2, 0.25) is 0 Å². The van der Waals surface area contributed by atoms with Crippen molar-refractivity contribution in [3.63, 3.8) is 0 Å². The standard InChI is InChI=1S/C14H19N3O2/c18-17(19)13-4-2-12(3-5-13)16-10-7-14(8-11-16)6-1-9-15-14/h2-5,15H,1,6-11H2. The summed E-state index contributed by atoms with van der Waals surface area (Å²) in [5.41, 5.74) is 1.63. The number of nitro groups is 1. The van der Waals surface area contributed by atoms with E-state index in [2.05, 4.69) is 10.2 Å². The second kappa shape index (κ2) is 4.81. The first-order chi connectivity index (χ1) is 9.19. The van der Waals surface area contributed by atoms with Crippen molar-refractivity contribution in [1.29, 1.82) is 0 Å². The van der Waals surface area contributed by atoms with Gasteiger partial charge < -0.3 is 10.2 Å². The second-order valence-corrected chi connectivity index (χ2v) is 5.57. The van der Waals surface area contributed by atoms with Crippen molar-refractivity contribution in [2.75, 3.05) is 24.5 Å². The first-order valence-electron chi connectivity index (χ1n) is 6.93. The molecule has 1 aromatic rings. The molecule has 19 heavy (non-hydrogen) atoms. The molecule has 2 fully saturated rings. The van der Waals surface area contributed by atoms with E-state index >= 15 is 0 Å². The molecular weight excluding hydrogens is 242 g/mol. The Kier molecular flexibility index (Phi) is 3.14. The number of hydrogen-bond acceptors (Lipinski definition) is 4. The van der Waals surface area contributed by atoms with E-state index in [0.29, 0.717) is 5.54 Å².